The van der Waals surface area contributed by atoms with Crippen molar-refractivity contribution in [1.29, 1.82) is 0 Å². The second-order valence-electron chi connectivity index (χ2n) is 8.49. The van der Waals surface area contributed by atoms with E-state index in [1.807, 2.05) is 18.2 Å². The van der Waals surface area contributed by atoms with Crippen LogP contribution in [0.4, 0.5) is 0 Å². The Balaban J connectivity index is 1.51. The van der Waals surface area contributed by atoms with E-state index in [1.54, 1.807) is 43.5 Å². The number of hydrogen-bond acceptors (Lipinski definition) is 8. The van der Waals surface area contributed by atoms with Crippen molar-refractivity contribution in [2.24, 2.45) is 0 Å². The molecule has 2 unspecified atom stereocenters. The number of fused-ring (bicyclic) bond motifs is 1. The predicted molar refractivity (Wildman–Crippen MR) is 139 cm³/mol. The zero-order valence-corrected chi connectivity index (χ0v) is 21.9. The summed E-state index contributed by atoms with van der Waals surface area (Å²) < 4.78 is 23.7. The molecular formula is C26H26N2O7S2. The van der Waals surface area contributed by atoms with E-state index >= 15 is 0 Å². The molecule has 2 aliphatic rings. The number of hydrogen-bond donors (Lipinski definition) is 1. The van der Waals surface area contributed by atoms with E-state index in [1.165, 1.54) is 6.92 Å². The number of nitrogens with one attached hydrogen (secondary N) is 1. The second kappa shape index (κ2) is 11.7. The molecule has 1 saturated heterocycles. The summed E-state index contributed by atoms with van der Waals surface area (Å²) in [5.41, 5.74) is 1.88. The Morgan fingerprint density at radius 1 is 1.08 bits per heavy atom. The van der Waals surface area contributed by atoms with Crippen LogP contribution in [-0.4, -0.2) is 62.0 Å². The lowest BCUT2D eigenvalue weighted by atomic mass is 10.0. The van der Waals surface area contributed by atoms with Crippen LogP contribution >= 0.6 is 11.8 Å². The second-order valence-corrected chi connectivity index (χ2v) is 11.2. The van der Waals surface area contributed by atoms with E-state index in [9.17, 15) is 23.4 Å². The molecule has 2 aromatic carbocycles. The Morgan fingerprint density at radius 2 is 1.78 bits per heavy atom. The highest BCUT2D eigenvalue weighted by Crippen LogP contribution is 2.36. The van der Waals surface area contributed by atoms with Gasteiger partial charge < -0.3 is 14.8 Å². The molecule has 2 heterocycles. The van der Waals surface area contributed by atoms with Gasteiger partial charge in [-0.3, -0.25) is 23.5 Å². The lowest BCUT2D eigenvalue weighted by molar-refractivity contribution is -0.153. The standard InChI is InChI=1S/C26H26N2O7S2/c1-16(29)36-14-19-15-37(33)25-22(27-21(30)12-17-6-4-3-5-7-17)24(31)28(25)23(19)26(32)35-13-18-8-10-20(34-2)11-9-18/h3-11,22,25H,12-15H2,1-2H3,(H,27,30)/t22?,25-,37?/m0/s1. The van der Waals surface area contributed by atoms with Gasteiger partial charge in [0.05, 0.1) is 30.1 Å². The van der Waals surface area contributed by atoms with Gasteiger partial charge in [-0.2, -0.15) is 0 Å². The summed E-state index contributed by atoms with van der Waals surface area (Å²) in [5, 5.41) is 1.61. The van der Waals surface area contributed by atoms with Crippen molar-refractivity contribution in [1.82, 2.24) is 10.2 Å². The number of carbonyl (C=O) groups excluding carboxylic acids is 4. The first-order chi connectivity index (χ1) is 17.8. The van der Waals surface area contributed by atoms with Crippen LogP contribution in [0.25, 0.3) is 0 Å². The Hall–Kier alpha value is -3.44. The number of β-lactam (4-membered cyclic amide) rings is 1. The van der Waals surface area contributed by atoms with Crippen LogP contribution in [-0.2, 0) is 47.7 Å². The van der Waals surface area contributed by atoms with Crippen molar-refractivity contribution in [3.05, 3.63) is 77.0 Å². The van der Waals surface area contributed by atoms with Crippen LogP contribution in [0, 0.1) is 0 Å². The van der Waals surface area contributed by atoms with Gasteiger partial charge in [0.1, 0.15) is 29.5 Å². The summed E-state index contributed by atoms with van der Waals surface area (Å²) >= 11 is 0.960. The van der Waals surface area contributed by atoms with Crippen molar-refractivity contribution in [3.8, 4) is 5.75 Å². The summed E-state index contributed by atoms with van der Waals surface area (Å²) in [6, 6.07) is 15.0. The number of rotatable bonds is 9. The lowest BCUT2D eigenvalue weighted by Crippen LogP contribution is -2.73. The van der Waals surface area contributed by atoms with Gasteiger partial charge in [0, 0.05) is 12.7 Å². The van der Waals surface area contributed by atoms with Gasteiger partial charge in [-0.15, -0.1) is 0 Å². The van der Waals surface area contributed by atoms with E-state index in [-0.39, 0.29) is 41.3 Å². The molecule has 0 bridgehead atoms. The molecule has 0 aromatic heterocycles. The van der Waals surface area contributed by atoms with Gasteiger partial charge in [-0.05, 0) is 28.8 Å². The van der Waals surface area contributed by atoms with E-state index < -0.39 is 34.1 Å². The van der Waals surface area contributed by atoms with Gasteiger partial charge in [0.25, 0.3) is 5.91 Å². The Bertz CT molecular complexity index is 1260. The van der Waals surface area contributed by atoms with Gasteiger partial charge in [-0.1, -0.05) is 54.2 Å². The topological polar surface area (TPSA) is 119 Å². The zero-order valence-electron chi connectivity index (χ0n) is 20.3. The molecule has 0 saturated carbocycles. The Labute approximate surface area is 221 Å². The highest BCUT2D eigenvalue weighted by molar-refractivity contribution is 8.13. The molecule has 2 amide bonds. The lowest BCUT2D eigenvalue weighted by Gasteiger charge is -2.49. The minimum Gasteiger partial charge on any atom is -0.497 e. The van der Waals surface area contributed by atoms with Gasteiger partial charge in [0.15, 0.2) is 5.12 Å². The van der Waals surface area contributed by atoms with Crippen LogP contribution in [0.15, 0.2) is 65.9 Å². The van der Waals surface area contributed by atoms with Gasteiger partial charge >= 0.3 is 5.97 Å². The van der Waals surface area contributed by atoms with Crippen molar-refractivity contribution >= 4 is 45.5 Å². The van der Waals surface area contributed by atoms with Gasteiger partial charge in [0.2, 0.25) is 5.91 Å². The molecular weight excluding hydrogens is 516 g/mol. The molecule has 0 spiro atoms. The molecule has 37 heavy (non-hydrogen) atoms. The molecule has 1 fully saturated rings. The van der Waals surface area contributed by atoms with Crippen LogP contribution in [0.2, 0.25) is 0 Å². The summed E-state index contributed by atoms with van der Waals surface area (Å²) in [7, 11) is -0.0328. The fourth-order valence-corrected chi connectivity index (χ4v) is 6.52. The number of methoxy groups -OCH3 is 1. The molecule has 1 N–H and O–H groups in total. The number of ether oxygens (including phenoxy) is 2. The number of benzene rings is 2. The minimum absolute atomic E-state index is 0.00719. The zero-order chi connectivity index (χ0) is 26.5. The first-order valence-electron chi connectivity index (χ1n) is 11.5. The average molecular weight is 543 g/mol. The van der Waals surface area contributed by atoms with E-state index in [0.29, 0.717) is 16.9 Å². The molecule has 3 atom stereocenters. The molecule has 9 nitrogen and oxygen atoms in total. The fraction of sp³-hybridized carbons (Fsp3) is 0.308. The third-order valence-electron chi connectivity index (χ3n) is 5.90. The van der Waals surface area contributed by atoms with Crippen LogP contribution in [0.5, 0.6) is 5.75 Å². The Kier molecular flexibility index (Phi) is 8.45. The first-order valence-corrected chi connectivity index (χ1v) is 13.8. The quantitative estimate of drug-likeness (QED) is 0.377. The smallest absolute Gasteiger partial charge is 0.355 e. The van der Waals surface area contributed by atoms with Crippen molar-refractivity contribution in [2.75, 3.05) is 18.6 Å². The third-order valence-corrected chi connectivity index (χ3v) is 8.45. The fourth-order valence-electron chi connectivity index (χ4n) is 4.09. The van der Waals surface area contributed by atoms with Crippen molar-refractivity contribution < 1.29 is 32.9 Å². The number of thioether (sulfide) groups is 1. The summed E-state index contributed by atoms with van der Waals surface area (Å²) in [6.45, 7) is 1.34. The number of carbonyl (C=O) groups is 4. The highest BCUT2D eigenvalue weighted by Gasteiger charge is 2.57. The molecule has 194 valence electrons. The maximum absolute atomic E-state index is 13.2. The number of amides is 2. The summed E-state index contributed by atoms with van der Waals surface area (Å²) in [5.74, 6) is -0.917. The van der Waals surface area contributed by atoms with Crippen molar-refractivity contribution in [2.45, 2.75) is 31.4 Å². The molecule has 11 heteroatoms. The van der Waals surface area contributed by atoms with Crippen LogP contribution in [0.3, 0.4) is 0 Å². The SMILES string of the molecule is COc1ccc(COC(=O)C2=C(CSC(C)=O)CS(=O)[C@H]3C(NC(=O)Cc4ccccc4)C(=O)N23)cc1. The molecule has 0 radical (unpaired) electrons. The van der Waals surface area contributed by atoms with Crippen molar-refractivity contribution in [3.63, 3.8) is 0 Å². The third kappa shape index (κ3) is 6.11. The van der Waals surface area contributed by atoms with Crippen LogP contribution in [0.1, 0.15) is 18.1 Å². The monoisotopic (exact) mass is 542 g/mol. The maximum atomic E-state index is 13.2. The van der Waals surface area contributed by atoms with E-state index in [2.05, 4.69) is 5.32 Å². The molecule has 2 aromatic rings. The highest BCUT2D eigenvalue weighted by atomic mass is 32.2. The minimum atomic E-state index is -1.58. The molecule has 2 aliphatic heterocycles. The molecule has 0 aliphatic carbocycles. The molecule has 4 rings (SSSR count). The summed E-state index contributed by atoms with van der Waals surface area (Å²) in [6.07, 6.45) is 0.0665. The average Bonchev–Trinajstić information content (AvgIpc) is 2.89. The first kappa shape index (κ1) is 26.6. The van der Waals surface area contributed by atoms with E-state index in [0.717, 1.165) is 22.2 Å². The predicted octanol–water partition coefficient (Wildman–Crippen LogP) is 1.93. The largest absolute Gasteiger partial charge is 0.497 e. The van der Waals surface area contributed by atoms with Crippen LogP contribution < -0.4 is 10.1 Å². The van der Waals surface area contributed by atoms with Gasteiger partial charge in [-0.25, -0.2) is 4.79 Å². The maximum Gasteiger partial charge on any atom is 0.355 e. The number of esters is 1. The number of nitrogens with zero attached hydrogens (tertiary/aromatic N) is 1. The van der Waals surface area contributed by atoms with E-state index in [4.69, 9.17) is 9.47 Å². The Morgan fingerprint density at radius 3 is 2.43 bits per heavy atom. The summed E-state index contributed by atoms with van der Waals surface area (Å²) in [4.78, 5) is 51.6. The normalized spacial score (nSPS) is 20.5.